The molecule has 11 heavy (non-hydrogen) atoms. The Balaban J connectivity index is 2.40. The van der Waals surface area contributed by atoms with Crippen LogP contribution < -0.4 is 10.6 Å². The van der Waals surface area contributed by atoms with Crippen LogP contribution in [0.2, 0.25) is 0 Å². The first-order valence-corrected chi connectivity index (χ1v) is 3.76. The quantitative estimate of drug-likeness (QED) is 0.548. The summed E-state index contributed by atoms with van der Waals surface area (Å²) in [6.45, 7) is 3.18. The van der Waals surface area contributed by atoms with E-state index in [4.69, 9.17) is 4.74 Å². The van der Waals surface area contributed by atoms with E-state index < -0.39 is 0 Å². The molecule has 2 atom stereocenters. The van der Waals surface area contributed by atoms with E-state index in [0.29, 0.717) is 19.2 Å². The second kappa shape index (κ2) is 3.69. The van der Waals surface area contributed by atoms with Gasteiger partial charge in [0.25, 0.3) is 0 Å². The third-order valence-electron chi connectivity index (χ3n) is 1.72. The minimum atomic E-state index is -0.177. The molecule has 1 rings (SSSR count). The predicted molar refractivity (Wildman–Crippen MR) is 41.3 cm³/mol. The monoisotopic (exact) mass is 158 g/mol. The number of nitrogens with one attached hydrogen (secondary N) is 2. The lowest BCUT2D eigenvalue weighted by molar-refractivity contribution is -0.126. The second-order valence-corrected chi connectivity index (χ2v) is 2.82. The molecule has 0 spiro atoms. The minimum Gasteiger partial charge on any atom is -0.383 e. The Morgan fingerprint density at radius 2 is 2.45 bits per heavy atom. The molecule has 2 N–H and O–H groups in total. The number of carbonyl (C=O) groups excluding carboxylic acids is 1. The van der Waals surface area contributed by atoms with Gasteiger partial charge in [0, 0.05) is 19.7 Å². The molecular weight excluding hydrogens is 144 g/mol. The number of methoxy groups -OCH3 is 1. The highest BCUT2D eigenvalue weighted by Crippen LogP contribution is 1.95. The first-order valence-electron chi connectivity index (χ1n) is 3.76. The van der Waals surface area contributed by atoms with Crippen LogP contribution in [0.1, 0.15) is 6.92 Å². The number of piperazine rings is 1. The highest BCUT2D eigenvalue weighted by molar-refractivity contribution is 5.82. The van der Waals surface area contributed by atoms with E-state index in [1.165, 1.54) is 0 Å². The van der Waals surface area contributed by atoms with Crippen molar-refractivity contribution in [2.24, 2.45) is 0 Å². The van der Waals surface area contributed by atoms with Crippen LogP contribution in [0, 0.1) is 0 Å². The topological polar surface area (TPSA) is 50.4 Å². The molecule has 0 aromatic rings. The fourth-order valence-electron chi connectivity index (χ4n) is 1.15. The smallest absolute Gasteiger partial charge is 0.239 e. The number of hydrogen-bond donors (Lipinski definition) is 2. The highest BCUT2D eigenvalue weighted by atomic mass is 16.5. The van der Waals surface area contributed by atoms with Gasteiger partial charge in [0.2, 0.25) is 5.91 Å². The standard InChI is InChI=1S/C7H14N2O2/c1-5-3-8-7(10)6(9-5)4-11-2/h5-6,9H,3-4H2,1-2H3,(H,8,10)/t5?,6-/m1/s1. The van der Waals surface area contributed by atoms with Crippen LogP contribution in [0.5, 0.6) is 0 Å². The molecule has 1 aliphatic heterocycles. The first kappa shape index (κ1) is 8.49. The molecule has 1 unspecified atom stereocenters. The number of amides is 1. The molecule has 0 aromatic carbocycles. The van der Waals surface area contributed by atoms with Gasteiger partial charge in [-0.15, -0.1) is 0 Å². The van der Waals surface area contributed by atoms with Crippen molar-refractivity contribution in [3.63, 3.8) is 0 Å². The zero-order valence-electron chi connectivity index (χ0n) is 6.89. The zero-order chi connectivity index (χ0) is 8.27. The van der Waals surface area contributed by atoms with Gasteiger partial charge in [0.15, 0.2) is 0 Å². The van der Waals surface area contributed by atoms with E-state index in [1.807, 2.05) is 6.92 Å². The van der Waals surface area contributed by atoms with E-state index in [9.17, 15) is 4.79 Å². The minimum absolute atomic E-state index is 0.0324. The number of rotatable bonds is 2. The number of carbonyl (C=O) groups is 1. The first-order chi connectivity index (χ1) is 5.24. The van der Waals surface area contributed by atoms with Gasteiger partial charge in [-0.1, -0.05) is 0 Å². The molecule has 0 bridgehead atoms. The van der Waals surface area contributed by atoms with Gasteiger partial charge in [-0.2, -0.15) is 0 Å². The van der Waals surface area contributed by atoms with Gasteiger partial charge >= 0.3 is 0 Å². The summed E-state index contributed by atoms with van der Waals surface area (Å²) in [6.07, 6.45) is 0. The Kier molecular flexibility index (Phi) is 2.84. The average molecular weight is 158 g/mol. The second-order valence-electron chi connectivity index (χ2n) is 2.82. The SMILES string of the molecule is COC[C@H]1NC(C)CNC1=O. The molecule has 4 nitrogen and oxygen atoms in total. The molecule has 4 heteroatoms. The Hall–Kier alpha value is -0.610. The summed E-state index contributed by atoms with van der Waals surface area (Å²) in [4.78, 5) is 11.1. The fraction of sp³-hybridized carbons (Fsp3) is 0.857. The van der Waals surface area contributed by atoms with Crippen LogP contribution in [-0.2, 0) is 9.53 Å². The van der Waals surface area contributed by atoms with Crippen molar-refractivity contribution in [3.05, 3.63) is 0 Å². The maximum Gasteiger partial charge on any atom is 0.239 e. The molecular formula is C7H14N2O2. The lowest BCUT2D eigenvalue weighted by atomic mass is 10.2. The average Bonchev–Trinajstić information content (AvgIpc) is 1.98. The molecule has 1 fully saturated rings. The van der Waals surface area contributed by atoms with Crippen LogP contribution in [0.25, 0.3) is 0 Å². The van der Waals surface area contributed by atoms with Crippen molar-refractivity contribution in [2.75, 3.05) is 20.3 Å². The van der Waals surface area contributed by atoms with E-state index in [0.717, 1.165) is 0 Å². The Bertz CT molecular complexity index is 149. The highest BCUT2D eigenvalue weighted by Gasteiger charge is 2.24. The molecule has 0 radical (unpaired) electrons. The largest absolute Gasteiger partial charge is 0.383 e. The molecule has 1 heterocycles. The van der Waals surface area contributed by atoms with Gasteiger partial charge in [-0.05, 0) is 6.92 Å². The third kappa shape index (κ3) is 2.17. The van der Waals surface area contributed by atoms with Crippen molar-refractivity contribution < 1.29 is 9.53 Å². The molecule has 1 saturated heterocycles. The normalized spacial score (nSPS) is 31.6. The molecule has 0 aliphatic carbocycles. The van der Waals surface area contributed by atoms with Gasteiger partial charge in [-0.3, -0.25) is 10.1 Å². The number of hydrogen-bond acceptors (Lipinski definition) is 3. The van der Waals surface area contributed by atoms with Crippen molar-refractivity contribution in [1.82, 2.24) is 10.6 Å². The van der Waals surface area contributed by atoms with E-state index in [1.54, 1.807) is 7.11 Å². The van der Waals surface area contributed by atoms with Crippen molar-refractivity contribution >= 4 is 5.91 Å². The van der Waals surface area contributed by atoms with Gasteiger partial charge in [0.05, 0.1) is 6.61 Å². The summed E-state index contributed by atoms with van der Waals surface area (Å²) in [5.41, 5.74) is 0. The maximum atomic E-state index is 11.1. The maximum absolute atomic E-state index is 11.1. The van der Waals surface area contributed by atoms with Gasteiger partial charge in [0.1, 0.15) is 6.04 Å². The van der Waals surface area contributed by atoms with Crippen molar-refractivity contribution in [1.29, 1.82) is 0 Å². The molecule has 1 aliphatic rings. The third-order valence-corrected chi connectivity index (χ3v) is 1.72. The van der Waals surface area contributed by atoms with Crippen LogP contribution in [0.15, 0.2) is 0 Å². The summed E-state index contributed by atoms with van der Waals surface area (Å²) in [6, 6.07) is 0.164. The fourth-order valence-corrected chi connectivity index (χ4v) is 1.15. The Morgan fingerprint density at radius 1 is 1.73 bits per heavy atom. The summed E-state index contributed by atoms with van der Waals surface area (Å²) in [5.74, 6) is 0.0324. The lowest BCUT2D eigenvalue weighted by Crippen LogP contribution is -2.58. The zero-order valence-corrected chi connectivity index (χ0v) is 6.89. The summed E-state index contributed by atoms with van der Waals surface area (Å²) in [5, 5.41) is 5.92. The van der Waals surface area contributed by atoms with Crippen molar-refractivity contribution in [2.45, 2.75) is 19.0 Å². The lowest BCUT2D eigenvalue weighted by Gasteiger charge is -2.27. The van der Waals surface area contributed by atoms with Crippen LogP contribution >= 0.6 is 0 Å². The molecule has 64 valence electrons. The Labute approximate surface area is 66.3 Å². The van der Waals surface area contributed by atoms with Crippen molar-refractivity contribution in [3.8, 4) is 0 Å². The summed E-state index contributed by atoms with van der Waals surface area (Å²) < 4.78 is 4.88. The van der Waals surface area contributed by atoms with Gasteiger partial charge in [-0.25, -0.2) is 0 Å². The molecule has 0 saturated carbocycles. The van der Waals surface area contributed by atoms with Gasteiger partial charge < -0.3 is 10.1 Å². The summed E-state index contributed by atoms with van der Waals surface area (Å²) >= 11 is 0. The van der Waals surface area contributed by atoms with E-state index in [-0.39, 0.29) is 11.9 Å². The van der Waals surface area contributed by atoms with Crippen LogP contribution in [0.4, 0.5) is 0 Å². The van der Waals surface area contributed by atoms with E-state index in [2.05, 4.69) is 10.6 Å². The summed E-state index contributed by atoms with van der Waals surface area (Å²) in [7, 11) is 1.59. The molecule has 0 aromatic heterocycles. The van der Waals surface area contributed by atoms with E-state index >= 15 is 0 Å². The Morgan fingerprint density at radius 3 is 3.09 bits per heavy atom. The van der Waals surface area contributed by atoms with Crippen LogP contribution in [-0.4, -0.2) is 38.3 Å². The number of ether oxygens (including phenoxy) is 1. The van der Waals surface area contributed by atoms with Crippen LogP contribution in [0.3, 0.4) is 0 Å². The molecule has 1 amide bonds. The predicted octanol–water partition coefficient (Wildman–Crippen LogP) is -0.891.